The van der Waals surface area contributed by atoms with Gasteiger partial charge in [0.25, 0.3) is 0 Å². The Hall–Kier alpha value is -3.68. The maximum atomic E-state index is 13.3. The van der Waals surface area contributed by atoms with E-state index in [9.17, 15) is 19.2 Å². The van der Waals surface area contributed by atoms with Crippen LogP contribution in [-0.2, 0) is 9.47 Å². The van der Waals surface area contributed by atoms with Gasteiger partial charge in [-0.2, -0.15) is 0 Å². The summed E-state index contributed by atoms with van der Waals surface area (Å²) in [4.78, 5) is 51.2. The van der Waals surface area contributed by atoms with E-state index in [0.717, 1.165) is 38.5 Å². The number of unbranched alkanes of at least 4 members (excludes halogenated alkanes) is 6. The number of rotatable bonds is 12. The van der Waals surface area contributed by atoms with Crippen LogP contribution in [-0.4, -0.2) is 37.1 Å². The summed E-state index contributed by atoms with van der Waals surface area (Å²) in [5, 5.41) is 0. The highest BCUT2D eigenvalue weighted by atomic mass is 16.7. The molecule has 0 N–H and O–H groups in total. The minimum atomic E-state index is -1.06. The van der Waals surface area contributed by atoms with Crippen LogP contribution in [0.1, 0.15) is 97.1 Å². The molecule has 2 aromatic carbocycles. The molecule has 1 aliphatic rings. The highest BCUT2D eigenvalue weighted by molar-refractivity contribution is 6.29. The van der Waals surface area contributed by atoms with Gasteiger partial charge in [0.1, 0.15) is 0 Å². The fraction of sp³-hybridized carbons (Fsp3) is 0.429. The Morgan fingerprint density at radius 3 is 1.78 bits per heavy atom. The maximum Gasteiger partial charge on any atom is 0.513 e. The number of carbonyl (C=O) groups excluding carboxylic acids is 4. The van der Waals surface area contributed by atoms with Crippen LogP contribution < -0.4 is 9.47 Å². The predicted octanol–water partition coefficient (Wildman–Crippen LogP) is 6.65. The smallest absolute Gasteiger partial charge is 0.434 e. The number of carbonyl (C=O) groups is 4. The average molecular weight is 497 g/mol. The molecule has 192 valence electrons. The van der Waals surface area contributed by atoms with Crippen LogP contribution >= 0.6 is 0 Å². The molecule has 3 rings (SSSR count). The van der Waals surface area contributed by atoms with E-state index < -0.39 is 23.9 Å². The van der Waals surface area contributed by atoms with E-state index in [0.29, 0.717) is 12.8 Å². The summed E-state index contributed by atoms with van der Waals surface area (Å²) >= 11 is 0. The SMILES string of the molecule is CCCCCCOC(=O)Oc1ccc2c(c1OC(=O)OCCCCCC)C(=O)c1ccccc1C2=O. The van der Waals surface area contributed by atoms with Crippen LogP contribution in [0.3, 0.4) is 0 Å². The quantitative estimate of drug-likeness (QED) is 0.156. The van der Waals surface area contributed by atoms with Crippen LogP contribution in [0.4, 0.5) is 9.59 Å². The molecular formula is C28H32O8. The Bertz CT molecular complexity index is 1100. The zero-order chi connectivity index (χ0) is 25.9. The third-order valence-corrected chi connectivity index (χ3v) is 5.82. The normalized spacial score (nSPS) is 11.9. The molecule has 0 saturated heterocycles. The Labute approximate surface area is 210 Å². The van der Waals surface area contributed by atoms with E-state index in [1.807, 2.05) is 0 Å². The first kappa shape index (κ1) is 26.9. The molecule has 0 fully saturated rings. The van der Waals surface area contributed by atoms with Gasteiger partial charge in [-0.15, -0.1) is 0 Å². The summed E-state index contributed by atoms with van der Waals surface area (Å²) in [5.41, 5.74) is 0.308. The Morgan fingerprint density at radius 2 is 1.19 bits per heavy atom. The van der Waals surface area contributed by atoms with Crippen LogP contribution in [0.25, 0.3) is 0 Å². The lowest BCUT2D eigenvalue weighted by Crippen LogP contribution is -2.24. The van der Waals surface area contributed by atoms with Crippen molar-refractivity contribution in [2.75, 3.05) is 13.2 Å². The summed E-state index contributed by atoms with van der Waals surface area (Å²) < 4.78 is 20.9. The Morgan fingerprint density at radius 1 is 0.639 bits per heavy atom. The number of ether oxygens (including phenoxy) is 4. The minimum Gasteiger partial charge on any atom is -0.434 e. The molecule has 0 radical (unpaired) electrons. The van der Waals surface area contributed by atoms with Crippen molar-refractivity contribution < 1.29 is 38.1 Å². The molecule has 0 heterocycles. The summed E-state index contributed by atoms with van der Waals surface area (Å²) in [6, 6.07) is 9.06. The largest absolute Gasteiger partial charge is 0.513 e. The van der Waals surface area contributed by atoms with Gasteiger partial charge in [0.2, 0.25) is 0 Å². The highest BCUT2D eigenvalue weighted by Crippen LogP contribution is 2.40. The molecule has 0 amide bonds. The number of ketones is 2. The highest BCUT2D eigenvalue weighted by Gasteiger charge is 2.35. The first-order valence-electron chi connectivity index (χ1n) is 12.5. The van der Waals surface area contributed by atoms with Crippen molar-refractivity contribution in [3.05, 3.63) is 58.7 Å². The monoisotopic (exact) mass is 496 g/mol. The second-order valence-corrected chi connectivity index (χ2v) is 8.54. The number of hydrogen-bond donors (Lipinski definition) is 0. The van der Waals surface area contributed by atoms with Crippen LogP contribution in [0.5, 0.6) is 11.5 Å². The van der Waals surface area contributed by atoms with E-state index in [1.54, 1.807) is 18.2 Å². The molecule has 0 spiro atoms. The van der Waals surface area contributed by atoms with Gasteiger partial charge in [-0.1, -0.05) is 76.6 Å². The number of hydrogen-bond acceptors (Lipinski definition) is 8. The van der Waals surface area contributed by atoms with Gasteiger partial charge >= 0.3 is 12.3 Å². The van der Waals surface area contributed by atoms with Crippen LogP contribution in [0.15, 0.2) is 36.4 Å². The summed E-state index contributed by atoms with van der Waals surface area (Å²) in [6.07, 6.45) is 5.22. The van der Waals surface area contributed by atoms with Crippen molar-refractivity contribution in [1.82, 2.24) is 0 Å². The molecule has 2 aromatic rings. The van der Waals surface area contributed by atoms with Gasteiger partial charge in [0, 0.05) is 16.7 Å². The molecule has 36 heavy (non-hydrogen) atoms. The molecule has 0 unspecified atom stereocenters. The molecule has 8 heteroatoms. The van der Waals surface area contributed by atoms with E-state index in [-0.39, 0.29) is 47.0 Å². The third-order valence-electron chi connectivity index (χ3n) is 5.82. The fourth-order valence-corrected chi connectivity index (χ4v) is 3.92. The molecule has 0 saturated carbocycles. The first-order chi connectivity index (χ1) is 17.5. The second-order valence-electron chi connectivity index (χ2n) is 8.54. The van der Waals surface area contributed by atoms with Gasteiger partial charge in [-0.05, 0) is 25.0 Å². The maximum absolute atomic E-state index is 13.3. The Balaban J connectivity index is 1.84. The second kappa shape index (κ2) is 13.4. The molecule has 0 aromatic heterocycles. The number of benzene rings is 2. The molecule has 1 aliphatic carbocycles. The van der Waals surface area contributed by atoms with Gasteiger partial charge < -0.3 is 18.9 Å². The molecule has 0 aliphatic heterocycles. The minimum absolute atomic E-state index is 0.0460. The first-order valence-corrected chi connectivity index (χ1v) is 12.5. The van der Waals surface area contributed by atoms with Crippen molar-refractivity contribution in [3.8, 4) is 11.5 Å². The summed E-state index contributed by atoms with van der Waals surface area (Å²) in [5.74, 6) is -1.48. The zero-order valence-corrected chi connectivity index (χ0v) is 20.8. The van der Waals surface area contributed by atoms with Gasteiger partial charge in [0.05, 0.1) is 18.8 Å². The van der Waals surface area contributed by atoms with Gasteiger partial charge in [0.15, 0.2) is 23.1 Å². The van der Waals surface area contributed by atoms with Crippen molar-refractivity contribution in [2.45, 2.75) is 65.2 Å². The van der Waals surface area contributed by atoms with Crippen molar-refractivity contribution >= 4 is 23.9 Å². The van der Waals surface area contributed by atoms with Crippen molar-refractivity contribution in [2.24, 2.45) is 0 Å². The van der Waals surface area contributed by atoms with Crippen LogP contribution in [0.2, 0.25) is 0 Å². The summed E-state index contributed by atoms with van der Waals surface area (Å²) in [6.45, 7) is 4.46. The molecule has 0 atom stereocenters. The fourth-order valence-electron chi connectivity index (χ4n) is 3.92. The molecular weight excluding hydrogens is 464 g/mol. The summed E-state index contributed by atoms with van der Waals surface area (Å²) in [7, 11) is 0. The van der Waals surface area contributed by atoms with E-state index in [1.165, 1.54) is 18.2 Å². The number of fused-ring (bicyclic) bond motifs is 2. The van der Waals surface area contributed by atoms with E-state index in [2.05, 4.69) is 13.8 Å². The van der Waals surface area contributed by atoms with Gasteiger partial charge in [-0.25, -0.2) is 9.59 Å². The predicted molar refractivity (Wildman–Crippen MR) is 132 cm³/mol. The standard InChI is InChI=1S/C28H32O8/c1-3-5-7-11-17-33-27(31)35-22-16-15-21-23(25(30)20-14-10-9-13-19(20)24(21)29)26(22)36-28(32)34-18-12-8-6-4-2/h9-10,13-16H,3-8,11-12,17-18H2,1-2H3. The lowest BCUT2D eigenvalue weighted by Gasteiger charge is -2.21. The van der Waals surface area contributed by atoms with Crippen molar-refractivity contribution in [3.63, 3.8) is 0 Å². The lowest BCUT2D eigenvalue weighted by atomic mass is 9.83. The van der Waals surface area contributed by atoms with E-state index in [4.69, 9.17) is 18.9 Å². The zero-order valence-electron chi connectivity index (χ0n) is 20.8. The van der Waals surface area contributed by atoms with E-state index >= 15 is 0 Å². The Kier molecular flexibility index (Phi) is 10.0. The van der Waals surface area contributed by atoms with Gasteiger partial charge in [-0.3, -0.25) is 9.59 Å². The van der Waals surface area contributed by atoms with Crippen molar-refractivity contribution in [1.29, 1.82) is 0 Å². The molecule has 8 nitrogen and oxygen atoms in total. The topological polar surface area (TPSA) is 105 Å². The average Bonchev–Trinajstić information content (AvgIpc) is 2.88. The third kappa shape index (κ3) is 6.71. The lowest BCUT2D eigenvalue weighted by molar-refractivity contribution is 0.0861. The molecule has 0 bridgehead atoms. The van der Waals surface area contributed by atoms with Crippen LogP contribution in [0, 0.1) is 0 Å².